The van der Waals surface area contributed by atoms with Gasteiger partial charge in [0.1, 0.15) is 5.76 Å². The lowest BCUT2D eigenvalue weighted by molar-refractivity contribution is -0.0524. The van der Waals surface area contributed by atoms with Crippen molar-refractivity contribution in [1.29, 1.82) is 0 Å². The predicted octanol–water partition coefficient (Wildman–Crippen LogP) is 1.97. The van der Waals surface area contributed by atoms with Crippen LogP contribution in [0, 0.1) is 0 Å². The van der Waals surface area contributed by atoms with Crippen molar-refractivity contribution in [2.24, 2.45) is 0 Å². The zero-order valence-corrected chi connectivity index (χ0v) is 13.0. The molecule has 1 aliphatic carbocycles. The summed E-state index contributed by atoms with van der Waals surface area (Å²) in [4.78, 5) is 2.37. The molecule has 0 bridgehead atoms. The summed E-state index contributed by atoms with van der Waals surface area (Å²) < 4.78 is 62.6. The summed E-state index contributed by atoms with van der Waals surface area (Å²) in [6.07, 6.45) is 5.14. The molecule has 128 valence electrons. The van der Waals surface area contributed by atoms with Gasteiger partial charge in [0.25, 0.3) is 0 Å². The van der Waals surface area contributed by atoms with Crippen LogP contribution in [0.3, 0.4) is 0 Å². The highest BCUT2D eigenvalue weighted by Gasteiger charge is 2.48. The van der Waals surface area contributed by atoms with Crippen LogP contribution in [0.25, 0.3) is 0 Å². The number of nitrogens with one attached hydrogen (secondary N) is 1. The largest absolute Gasteiger partial charge is 0.534 e. The third kappa shape index (κ3) is 4.85. The van der Waals surface area contributed by atoms with Crippen LogP contribution in [0.5, 0.6) is 0 Å². The molecule has 1 heterocycles. The second-order valence-corrected chi connectivity index (χ2v) is 7.17. The van der Waals surface area contributed by atoms with Gasteiger partial charge >= 0.3 is 15.6 Å². The van der Waals surface area contributed by atoms with Gasteiger partial charge in [-0.05, 0) is 44.8 Å². The maximum absolute atomic E-state index is 12.2. The van der Waals surface area contributed by atoms with Crippen molar-refractivity contribution < 1.29 is 25.8 Å². The molecule has 1 unspecified atom stereocenters. The minimum absolute atomic E-state index is 0.116. The van der Waals surface area contributed by atoms with Crippen LogP contribution in [0.1, 0.15) is 32.1 Å². The molecule has 1 saturated heterocycles. The minimum Gasteiger partial charge on any atom is -0.381 e. The number of hydrogen-bond acceptors (Lipinski definition) is 5. The molecule has 1 atom stereocenters. The Morgan fingerprint density at radius 3 is 2.55 bits per heavy atom. The Bertz CT molecular complexity index is 499. The summed E-state index contributed by atoms with van der Waals surface area (Å²) in [5.74, 6) is -0.116. The highest BCUT2D eigenvalue weighted by molar-refractivity contribution is 7.87. The summed E-state index contributed by atoms with van der Waals surface area (Å²) in [6.45, 7) is 4.04. The molecule has 1 fully saturated rings. The number of likely N-dealkylation sites (tertiary alicyclic amines) is 1. The van der Waals surface area contributed by atoms with Crippen LogP contribution < -0.4 is 5.32 Å². The first-order chi connectivity index (χ1) is 10.3. The van der Waals surface area contributed by atoms with Crippen molar-refractivity contribution in [2.45, 2.75) is 43.7 Å². The first-order valence-corrected chi connectivity index (χ1v) is 8.84. The standard InChI is InChI=1S/C13H21F3N2O3S/c14-13(15,16)22(19,20)21-12-5-3-11(4-6-12)17-7-10-18-8-1-2-9-18/h5,11,17H,1-4,6-10H2. The van der Waals surface area contributed by atoms with Gasteiger partial charge in [-0.15, -0.1) is 0 Å². The monoisotopic (exact) mass is 342 g/mol. The Hall–Kier alpha value is -0.800. The average molecular weight is 342 g/mol. The van der Waals surface area contributed by atoms with Gasteiger partial charge in [-0.3, -0.25) is 0 Å². The molecule has 0 aromatic carbocycles. The van der Waals surface area contributed by atoms with E-state index in [2.05, 4.69) is 14.4 Å². The summed E-state index contributed by atoms with van der Waals surface area (Å²) >= 11 is 0. The summed E-state index contributed by atoms with van der Waals surface area (Å²) in [6, 6.07) is 0.156. The molecule has 0 radical (unpaired) electrons. The number of rotatable bonds is 6. The Morgan fingerprint density at radius 2 is 2.00 bits per heavy atom. The van der Waals surface area contributed by atoms with E-state index < -0.39 is 15.6 Å². The molecule has 1 aliphatic heterocycles. The maximum Gasteiger partial charge on any atom is 0.534 e. The smallest absolute Gasteiger partial charge is 0.381 e. The van der Waals surface area contributed by atoms with Gasteiger partial charge in [-0.25, -0.2) is 0 Å². The number of allylic oxidation sites excluding steroid dienone is 1. The summed E-state index contributed by atoms with van der Waals surface area (Å²) in [5, 5.41) is 3.35. The quantitative estimate of drug-likeness (QED) is 0.591. The topological polar surface area (TPSA) is 58.6 Å². The zero-order valence-electron chi connectivity index (χ0n) is 12.2. The summed E-state index contributed by atoms with van der Waals surface area (Å²) in [7, 11) is -5.54. The van der Waals surface area contributed by atoms with E-state index in [9.17, 15) is 21.6 Å². The number of halogens is 3. The van der Waals surface area contributed by atoms with Crippen molar-refractivity contribution in [3.8, 4) is 0 Å². The van der Waals surface area contributed by atoms with Gasteiger partial charge in [-0.1, -0.05) is 0 Å². The molecule has 0 spiro atoms. The van der Waals surface area contributed by atoms with E-state index in [0.29, 0.717) is 12.8 Å². The first-order valence-electron chi connectivity index (χ1n) is 7.43. The fraction of sp³-hybridized carbons (Fsp3) is 0.846. The number of alkyl halides is 3. The van der Waals surface area contributed by atoms with E-state index in [-0.39, 0.29) is 18.2 Å². The third-order valence-corrected chi connectivity index (χ3v) is 4.93. The number of hydrogen-bond donors (Lipinski definition) is 1. The molecular weight excluding hydrogens is 321 g/mol. The fourth-order valence-corrected chi connectivity index (χ4v) is 3.22. The lowest BCUT2D eigenvalue weighted by Gasteiger charge is -2.24. The van der Waals surface area contributed by atoms with E-state index in [1.54, 1.807) is 0 Å². The van der Waals surface area contributed by atoms with Crippen molar-refractivity contribution >= 4 is 10.1 Å². The Kier molecular flexibility index (Phi) is 5.73. The highest BCUT2D eigenvalue weighted by atomic mass is 32.2. The zero-order chi connectivity index (χ0) is 16.2. The normalized spacial score (nSPS) is 24.3. The van der Waals surface area contributed by atoms with Crippen LogP contribution in [0.4, 0.5) is 13.2 Å². The molecule has 0 saturated carbocycles. The predicted molar refractivity (Wildman–Crippen MR) is 75.5 cm³/mol. The van der Waals surface area contributed by atoms with Gasteiger partial charge in [-0.2, -0.15) is 21.6 Å². The van der Waals surface area contributed by atoms with Crippen LogP contribution in [0.15, 0.2) is 11.8 Å². The highest BCUT2D eigenvalue weighted by Crippen LogP contribution is 2.29. The lowest BCUT2D eigenvalue weighted by atomic mass is 10.0. The lowest BCUT2D eigenvalue weighted by Crippen LogP contribution is -2.37. The van der Waals surface area contributed by atoms with Gasteiger partial charge in [0.2, 0.25) is 0 Å². The average Bonchev–Trinajstić information content (AvgIpc) is 2.92. The van der Waals surface area contributed by atoms with Crippen LogP contribution in [-0.4, -0.2) is 51.0 Å². The van der Waals surface area contributed by atoms with E-state index in [1.807, 2.05) is 0 Å². The molecule has 0 aromatic rings. The third-order valence-electron chi connectivity index (χ3n) is 3.93. The SMILES string of the molecule is O=S(=O)(OC1=CCC(NCCN2CCCC2)CC1)C(F)(F)F. The van der Waals surface area contributed by atoms with Gasteiger partial charge in [0.15, 0.2) is 0 Å². The molecular formula is C13H21F3N2O3S. The summed E-state index contributed by atoms with van der Waals surface area (Å²) in [5.41, 5.74) is -5.38. The van der Waals surface area contributed by atoms with Gasteiger partial charge in [0.05, 0.1) is 0 Å². The molecule has 0 aromatic heterocycles. The Labute approximate surface area is 128 Å². The first kappa shape index (κ1) is 17.6. The Balaban J connectivity index is 1.72. The van der Waals surface area contributed by atoms with Crippen LogP contribution in [0.2, 0.25) is 0 Å². The Morgan fingerprint density at radius 1 is 1.32 bits per heavy atom. The molecule has 2 rings (SSSR count). The molecule has 0 amide bonds. The molecule has 1 N–H and O–H groups in total. The van der Waals surface area contributed by atoms with Crippen molar-refractivity contribution in [3.05, 3.63) is 11.8 Å². The van der Waals surface area contributed by atoms with Crippen LogP contribution in [-0.2, 0) is 14.3 Å². The van der Waals surface area contributed by atoms with E-state index in [0.717, 1.165) is 26.2 Å². The molecule has 2 aliphatic rings. The van der Waals surface area contributed by atoms with Crippen molar-refractivity contribution in [3.63, 3.8) is 0 Å². The molecule has 9 heteroatoms. The molecule has 22 heavy (non-hydrogen) atoms. The van der Waals surface area contributed by atoms with E-state index in [1.165, 1.54) is 18.9 Å². The van der Waals surface area contributed by atoms with E-state index in [4.69, 9.17) is 0 Å². The minimum atomic E-state index is -5.54. The van der Waals surface area contributed by atoms with Crippen molar-refractivity contribution in [1.82, 2.24) is 10.2 Å². The number of nitrogens with zero attached hydrogens (tertiary/aromatic N) is 1. The maximum atomic E-state index is 12.2. The van der Waals surface area contributed by atoms with Crippen molar-refractivity contribution in [2.75, 3.05) is 26.2 Å². The fourth-order valence-electron chi connectivity index (χ4n) is 2.69. The van der Waals surface area contributed by atoms with E-state index >= 15 is 0 Å². The van der Waals surface area contributed by atoms with Crippen LogP contribution >= 0.6 is 0 Å². The van der Waals surface area contributed by atoms with Gasteiger partial charge < -0.3 is 14.4 Å². The molecule has 5 nitrogen and oxygen atoms in total. The second kappa shape index (κ2) is 7.18. The van der Waals surface area contributed by atoms with Gasteiger partial charge in [0, 0.05) is 25.6 Å². The second-order valence-electron chi connectivity index (χ2n) is 5.63.